The predicted octanol–water partition coefficient (Wildman–Crippen LogP) is 5.15. The first-order valence-electron chi connectivity index (χ1n) is 9.28. The molecule has 0 aromatic heterocycles. The van der Waals surface area contributed by atoms with Crippen molar-refractivity contribution in [2.75, 3.05) is 0 Å². The Bertz CT molecular complexity index is 756. The fourth-order valence-corrected chi connectivity index (χ4v) is 7.34. The number of fused-ring (bicyclic) bond motifs is 2. The topological polar surface area (TPSA) is 26.3 Å². The lowest BCUT2D eigenvalue weighted by atomic mass is 9.70. The minimum absolute atomic E-state index is 0.0486. The lowest BCUT2D eigenvalue weighted by Gasteiger charge is -2.40. The van der Waals surface area contributed by atoms with Crippen LogP contribution in [0.1, 0.15) is 40.0 Å². The molecule has 0 aliphatic heterocycles. The fraction of sp³-hybridized carbons (Fsp3) is 0.455. The molecule has 0 radical (unpaired) electrons. The molecular weight excluding hydrogens is 327 g/mol. The molecule has 0 N–H and O–H groups in total. The standard InChI is InChI=1S/C22H27O2P/c1-21(2)17-14-15-22(21,3)20(16-17)24-25(23,18-10-6-4-7-11-18)19-12-8-5-9-13-19/h4-13,17,20H,14-16H2,1-3H3/t17-,20+,22-/m0/s1. The molecule has 3 heteroatoms. The van der Waals surface area contributed by atoms with Crippen LogP contribution in [0.4, 0.5) is 0 Å². The smallest absolute Gasteiger partial charge is 0.261 e. The van der Waals surface area contributed by atoms with Crippen LogP contribution < -0.4 is 10.6 Å². The van der Waals surface area contributed by atoms with Gasteiger partial charge >= 0.3 is 0 Å². The maximum atomic E-state index is 14.2. The summed E-state index contributed by atoms with van der Waals surface area (Å²) in [7, 11) is -3.10. The number of benzene rings is 2. The van der Waals surface area contributed by atoms with Crippen LogP contribution >= 0.6 is 7.37 Å². The Morgan fingerprint density at radius 2 is 1.44 bits per heavy atom. The molecule has 2 aromatic carbocycles. The molecule has 4 rings (SSSR count). The van der Waals surface area contributed by atoms with Crippen LogP contribution in [0.2, 0.25) is 0 Å². The van der Waals surface area contributed by atoms with Gasteiger partial charge in [-0.15, -0.1) is 0 Å². The Kier molecular flexibility index (Phi) is 3.98. The molecule has 0 amide bonds. The van der Waals surface area contributed by atoms with E-state index >= 15 is 0 Å². The second-order valence-corrected chi connectivity index (χ2v) is 10.8. The van der Waals surface area contributed by atoms with Gasteiger partial charge < -0.3 is 4.52 Å². The van der Waals surface area contributed by atoms with Crippen LogP contribution in [0, 0.1) is 16.7 Å². The van der Waals surface area contributed by atoms with Crippen molar-refractivity contribution < 1.29 is 9.09 Å². The SMILES string of the molecule is CC1(C)[C@H]2CC[C@@]1(C)[C@H](OP(=O)(c1ccccc1)c1ccccc1)C2. The number of hydrogen-bond donors (Lipinski definition) is 0. The van der Waals surface area contributed by atoms with Crippen molar-refractivity contribution in [3.05, 3.63) is 60.7 Å². The molecule has 25 heavy (non-hydrogen) atoms. The molecule has 0 unspecified atom stereocenters. The van der Waals surface area contributed by atoms with Crippen molar-refractivity contribution in [1.82, 2.24) is 0 Å². The number of rotatable bonds is 4. The second-order valence-electron chi connectivity index (χ2n) is 8.43. The minimum atomic E-state index is -3.10. The lowest BCUT2D eigenvalue weighted by molar-refractivity contribution is 0.0347. The predicted molar refractivity (Wildman–Crippen MR) is 104 cm³/mol. The summed E-state index contributed by atoms with van der Waals surface area (Å²) in [5, 5.41) is 1.59. The largest absolute Gasteiger partial charge is 0.318 e. The van der Waals surface area contributed by atoms with Gasteiger partial charge in [0, 0.05) is 10.6 Å². The van der Waals surface area contributed by atoms with E-state index in [-0.39, 0.29) is 16.9 Å². The highest BCUT2D eigenvalue weighted by Gasteiger charge is 2.63. The van der Waals surface area contributed by atoms with Gasteiger partial charge in [-0.3, -0.25) is 4.57 Å². The molecule has 2 nitrogen and oxygen atoms in total. The average Bonchev–Trinajstić information content (AvgIpc) is 2.96. The van der Waals surface area contributed by atoms with Gasteiger partial charge in [0.15, 0.2) is 0 Å². The van der Waals surface area contributed by atoms with E-state index < -0.39 is 7.37 Å². The van der Waals surface area contributed by atoms with Crippen LogP contribution in [0.15, 0.2) is 60.7 Å². The normalized spacial score (nSPS) is 30.5. The van der Waals surface area contributed by atoms with Crippen LogP contribution in [-0.2, 0) is 9.09 Å². The lowest BCUT2D eigenvalue weighted by Crippen LogP contribution is -2.38. The highest BCUT2D eigenvalue weighted by atomic mass is 31.2. The monoisotopic (exact) mass is 354 g/mol. The minimum Gasteiger partial charge on any atom is -0.318 e. The van der Waals surface area contributed by atoms with Crippen molar-refractivity contribution >= 4 is 18.0 Å². The first-order chi connectivity index (χ1) is 11.9. The Morgan fingerprint density at radius 1 is 0.920 bits per heavy atom. The Labute approximate surface area is 151 Å². The summed E-state index contributed by atoms with van der Waals surface area (Å²) < 4.78 is 20.8. The van der Waals surface area contributed by atoms with Crippen LogP contribution in [0.25, 0.3) is 0 Å². The van der Waals surface area contributed by atoms with Crippen molar-refractivity contribution in [1.29, 1.82) is 0 Å². The molecular formula is C22H27O2P. The van der Waals surface area contributed by atoms with Gasteiger partial charge in [0.25, 0.3) is 7.37 Å². The summed E-state index contributed by atoms with van der Waals surface area (Å²) in [5.41, 5.74) is 0.340. The first-order valence-corrected chi connectivity index (χ1v) is 10.9. The maximum absolute atomic E-state index is 14.2. The summed E-state index contributed by atoms with van der Waals surface area (Å²) in [6.07, 6.45) is 3.50. The average molecular weight is 354 g/mol. The zero-order valence-electron chi connectivity index (χ0n) is 15.3. The third-order valence-electron chi connectivity index (χ3n) is 7.18. The summed E-state index contributed by atoms with van der Waals surface area (Å²) in [4.78, 5) is 0. The molecule has 2 aliphatic rings. The summed E-state index contributed by atoms with van der Waals surface area (Å²) in [6.45, 7) is 7.07. The molecule has 0 spiro atoms. The zero-order valence-corrected chi connectivity index (χ0v) is 16.2. The Hall–Kier alpha value is -1.37. The van der Waals surface area contributed by atoms with Gasteiger partial charge in [0.2, 0.25) is 0 Å². The van der Waals surface area contributed by atoms with E-state index in [9.17, 15) is 4.57 Å². The van der Waals surface area contributed by atoms with E-state index in [2.05, 4.69) is 20.8 Å². The maximum Gasteiger partial charge on any atom is 0.261 e. The van der Waals surface area contributed by atoms with Gasteiger partial charge in [-0.1, -0.05) is 57.2 Å². The summed E-state index contributed by atoms with van der Waals surface area (Å²) in [5.74, 6) is 0.669. The van der Waals surface area contributed by atoms with E-state index in [1.54, 1.807) is 0 Å². The summed E-state index contributed by atoms with van der Waals surface area (Å²) >= 11 is 0. The Balaban J connectivity index is 1.76. The molecule has 132 valence electrons. The van der Waals surface area contributed by atoms with E-state index in [1.165, 1.54) is 12.8 Å². The molecule has 2 fully saturated rings. The summed E-state index contributed by atoms with van der Waals surface area (Å²) in [6, 6.07) is 19.5. The molecule has 0 saturated heterocycles. The number of hydrogen-bond acceptors (Lipinski definition) is 2. The van der Waals surface area contributed by atoms with E-state index in [4.69, 9.17) is 4.52 Å². The van der Waals surface area contributed by atoms with Crippen LogP contribution in [0.5, 0.6) is 0 Å². The molecule has 2 bridgehead atoms. The van der Waals surface area contributed by atoms with Crippen molar-refractivity contribution in [2.24, 2.45) is 16.7 Å². The third kappa shape index (κ3) is 2.46. The van der Waals surface area contributed by atoms with Gasteiger partial charge in [0.05, 0.1) is 6.10 Å². The van der Waals surface area contributed by atoms with Gasteiger partial charge in [-0.2, -0.15) is 0 Å². The van der Waals surface area contributed by atoms with Crippen LogP contribution in [0.3, 0.4) is 0 Å². The quantitative estimate of drug-likeness (QED) is 0.710. The second kappa shape index (κ2) is 5.83. The van der Waals surface area contributed by atoms with Crippen molar-refractivity contribution in [2.45, 2.75) is 46.1 Å². The first kappa shape index (κ1) is 17.1. The molecule has 2 saturated carbocycles. The highest BCUT2D eigenvalue weighted by Crippen LogP contribution is 2.68. The van der Waals surface area contributed by atoms with Crippen molar-refractivity contribution in [3.63, 3.8) is 0 Å². The Morgan fingerprint density at radius 3 is 1.84 bits per heavy atom. The van der Waals surface area contributed by atoms with E-state index in [0.29, 0.717) is 5.92 Å². The molecule has 2 aliphatic carbocycles. The zero-order chi connectivity index (χ0) is 17.7. The van der Waals surface area contributed by atoms with Gasteiger partial charge in [-0.25, -0.2) is 0 Å². The van der Waals surface area contributed by atoms with E-state index in [1.807, 2.05) is 60.7 Å². The highest BCUT2D eigenvalue weighted by molar-refractivity contribution is 7.74. The van der Waals surface area contributed by atoms with Gasteiger partial charge in [-0.05, 0) is 60.3 Å². The fourth-order valence-electron chi connectivity index (χ4n) is 4.99. The van der Waals surface area contributed by atoms with Crippen molar-refractivity contribution in [3.8, 4) is 0 Å². The third-order valence-corrected chi connectivity index (χ3v) is 9.69. The molecule has 0 heterocycles. The van der Waals surface area contributed by atoms with Gasteiger partial charge in [0.1, 0.15) is 0 Å². The molecule has 3 atom stereocenters. The van der Waals surface area contributed by atoms with E-state index in [0.717, 1.165) is 17.0 Å². The van der Waals surface area contributed by atoms with Crippen LogP contribution in [-0.4, -0.2) is 6.10 Å². The molecule has 2 aromatic rings.